The van der Waals surface area contributed by atoms with E-state index in [4.69, 9.17) is 11.6 Å². The average Bonchev–Trinajstić information content (AvgIpc) is 2.32. The Hall–Kier alpha value is -0.820. The van der Waals surface area contributed by atoms with Crippen LogP contribution in [0.1, 0.15) is 16.8 Å². The van der Waals surface area contributed by atoms with Crippen molar-refractivity contribution >= 4 is 46.0 Å². The molecule has 0 heterocycles. The molecule has 0 aliphatic heterocycles. The van der Waals surface area contributed by atoms with Crippen molar-refractivity contribution in [3.63, 3.8) is 0 Å². The Balaban J connectivity index is 2.52. The molecule has 0 unspecified atom stereocenters. The lowest BCUT2D eigenvalue weighted by atomic mass is 10.2. The number of halogens is 2. The number of benzene rings is 1. The van der Waals surface area contributed by atoms with Crippen LogP contribution >= 0.6 is 34.2 Å². The zero-order valence-corrected chi connectivity index (χ0v) is 12.1. The molecule has 0 radical (unpaired) electrons. The number of amides is 2. The summed E-state index contributed by atoms with van der Waals surface area (Å²) in [6.07, 6.45) is 0.264. The van der Waals surface area contributed by atoms with E-state index in [1.54, 1.807) is 25.2 Å². The normalized spacial score (nSPS) is 9.82. The second kappa shape index (κ2) is 6.80. The molecule has 0 atom stereocenters. The maximum absolute atomic E-state index is 11.7. The van der Waals surface area contributed by atoms with Crippen LogP contribution in [0.2, 0.25) is 5.02 Å². The van der Waals surface area contributed by atoms with E-state index in [2.05, 4.69) is 33.2 Å². The van der Waals surface area contributed by atoms with Crippen LogP contribution in [0.5, 0.6) is 0 Å². The lowest BCUT2D eigenvalue weighted by Crippen LogP contribution is -2.29. The number of carbonyl (C=O) groups excluding carboxylic acids is 2. The van der Waals surface area contributed by atoms with Crippen molar-refractivity contribution in [1.82, 2.24) is 10.6 Å². The maximum atomic E-state index is 11.7. The van der Waals surface area contributed by atoms with Gasteiger partial charge in [-0.25, -0.2) is 0 Å². The Morgan fingerprint density at radius 3 is 2.71 bits per heavy atom. The lowest BCUT2D eigenvalue weighted by molar-refractivity contribution is -0.120. The smallest absolute Gasteiger partial charge is 0.251 e. The van der Waals surface area contributed by atoms with Crippen LogP contribution in [0.15, 0.2) is 18.2 Å². The van der Waals surface area contributed by atoms with E-state index in [0.717, 1.165) is 3.57 Å². The zero-order chi connectivity index (χ0) is 12.8. The molecule has 6 heteroatoms. The van der Waals surface area contributed by atoms with E-state index in [0.29, 0.717) is 17.1 Å². The summed E-state index contributed by atoms with van der Waals surface area (Å²) in [7, 11) is 1.56. The Morgan fingerprint density at radius 1 is 1.41 bits per heavy atom. The molecular formula is C11H12ClIN2O2. The second-order valence-electron chi connectivity index (χ2n) is 3.31. The molecule has 0 saturated heterocycles. The van der Waals surface area contributed by atoms with Crippen LogP contribution in [0.25, 0.3) is 0 Å². The monoisotopic (exact) mass is 366 g/mol. The van der Waals surface area contributed by atoms with Gasteiger partial charge in [0.2, 0.25) is 5.91 Å². The fourth-order valence-corrected chi connectivity index (χ4v) is 1.67. The summed E-state index contributed by atoms with van der Waals surface area (Å²) in [6, 6.07) is 5.08. The molecule has 2 N–H and O–H groups in total. The van der Waals surface area contributed by atoms with Gasteiger partial charge in [-0.2, -0.15) is 0 Å². The molecule has 2 amide bonds. The third-order valence-corrected chi connectivity index (χ3v) is 3.67. The highest BCUT2D eigenvalue weighted by atomic mass is 127. The minimum absolute atomic E-state index is 0.106. The van der Waals surface area contributed by atoms with Crippen LogP contribution in [0.4, 0.5) is 0 Å². The van der Waals surface area contributed by atoms with Gasteiger partial charge in [-0.1, -0.05) is 11.6 Å². The Labute approximate surface area is 118 Å². The summed E-state index contributed by atoms with van der Waals surface area (Å²) < 4.78 is 0.895. The van der Waals surface area contributed by atoms with E-state index < -0.39 is 0 Å². The number of hydrogen-bond acceptors (Lipinski definition) is 2. The second-order valence-corrected chi connectivity index (χ2v) is 4.88. The standard InChI is InChI=1S/C11H12ClIN2O2/c1-14-10(16)4-5-15-11(17)7-2-3-9(13)8(12)6-7/h2-3,6H,4-5H2,1H3,(H,14,16)(H,15,17). The van der Waals surface area contributed by atoms with Gasteiger partial charge in [-0.15, -0.1) is 0 Å². The van der Waals surface area contributed by atoms with Crippen LogP contribution < -0.4 is 10.6 Å². The number of hydrogen-bond donors (Lipinski definition) is 2. The van der Waals surface area contributed by atoms with Crippen molar-refractivity contribution in [2.24, 2.45) is 0 Å². The molecule has 0 aliphatic carbocycles. The first kappa shape index (κ1) is 14.2. The van der Waals surface area contributed by atoms with Gasteiger partial charge in [0.1, 0.15) is 0 Å². The summed E-state index contributed by atoms with van der Waals surface area (Å²) >= 11 is 8.00. The first-order chi connectivity index (χ1) is 8.04. The Bertz CT molecular complexity index is 437. The number of carbonyl (C=O) groups is 2. The molecule has 1 aromatic rings. The van der Waals surface area contributed by atoms with Gasteiger partial charge >= 0.3 is 0 Å². The fourth-order valence-electron chi connectivity index (χ4n) is 1.15. The van der Waals surface area contributed by atoms with Gasteiger partial charge < -0.3 is 10.6 Å². The molecular weight excluding hydrogens is 354 g/mol. The molecule has 0 bridgehead atoms. The largest absolute Gasteiger partial charge is 0.359 e. The molecule has 0 spiro atoms. The van der Waals surface area contributed by atoms with E-state index >= 15 is 0 Å². The highest BCUT2D eigenvalue weighted by molar-refractivity contribution is 14.1. The number of nitrogens with one attached hydrogen (secondary N) is 2. The SMILES string of the molecule is CNC(=O)CCNC(=O)c1ccc(I)c(Cl)c1. The summed E-state index contributed by atoms with van der Waals surface area (Å²) in [5, 5.41) is 5.68. The molecule has 0 aliphatic rings. The number of rotatable bonds is 4. The molecule has 17 heavy (non-hydrogen) atoms. The first-order valence-corrected chi connectivity index (χ1v) is 6.44. The van der Waals surface area contributed by atoms with Crippen molar-refractivity contribution in [2.75, 3.05) is 13.6 Å². The molecule has 1 aromatic carbocycles. The predicted octanol–water partition coefficient (Wildman–Crippen LogP) is 1.81. The third-order valence-electron chi connectivity index (χ3n) is 2.10. The highest BCUT2D eigenvalue weighted by Gasteiger charge is 2.07. The van der Waals surface area contributed by atoms with E-state index in [-0.39, 0.29) is 18.2 Å². The van der Waals surface area contributed by atoms with E-state index in [1.807, 2.05) is 0 Å². The van der Waals surface area contributed by atoms with Gasteiger partial charge in [0.25, 0.3) is 5.91 Å². The Morgan fingerprint density at radius 2 is 2.12 bits per heavy atom. The van der Waals surface area contributed by atoms with Crippen LogP contribution in [-0.2, 0) is 4.79 Å². The maximum Gasteiger partial charge on any atom is 0.251 e. The van der Waals surface area contributed by atoms with Crippen LogP contribution in [0, 0.1) is 3.57 Å². The molecule has 0 saturated carbocycles. The average molecular weight is 367 g/mol. The summed E-state index contributed by atoms with van der Waals surface area (Å²) in [5.41, 5.74) is 0.493. The fraction of sp³-hybridized carbons (Fsp3) is 0.273. The predicted molar refractivity (Wildman–Crippen MR) is 75.2 cm³/mol. The van der Waals surface area contributed by atoms with Crippen LogP contribution in [0.3, 0.4) is 0 Å². The van der Waals surface area contributed by atoms with E-state index in [1.165, 1.54) is 0 Å². The van der Waals surface area contributed by atoms with Crippen molar-refractivity contribution in [3.8, 4) is 0 Å². The topological polar surface area (TPSA) is 58.2 Å². The van der Waals surface area contributed by atoms with Gasteiger partial charge in [0.05, 0.1) is 5.02 Å². The Kier molecular flexibility index (Phi) is 5.70. The molecule has 0 fully saturated rings. The molecule has 1 rings (SSSR count). The van der Waals surface area contributed by atoms with Gasteiger partial charge in [-0.05, 0) is 40.8 Å². The highest BCUT2D eigenvalue weighted by Crippen LogP contribution is 2.19. The minimum atomic E-state index is -0.229. The van der Waals surface area contributed by atoms with Gasteiger partial charge in [0, 0.05) is 29.1 Å². The molecule has 92 valence electrons. The van der Waals surface area contributed by atoms with Crippen molar-refractivity contribution in [2.45, 2.75) is 6.42 Å². The van der Waals surface area contributed by atoms with Gasteiger partial charge in [-0.3, -0.25) is 9.59 Å². The first-order valence-electron chi connectivity index (χ1n) is 4.98. The minimum Gasteiger partial charge on any atom is -0.359 e. The third kappa shape index (κ3) is 4.51. The van der Waals surface area contributed by atoms with Crippen molar-refractivity contribution in [3.05, 3.63) is 32.4 Å². The van der Waals surface area contributed by atoms with Crippen molar-refractivity contribution < 1.29 is 9.59 Å². The van der Waals surface area contributed by atoms with Crippen LogP contribution in [-0.4, -0.2) is 25.4 Å². The summed E-state index contributed by atoms with van der Waals surface area (Å²) in [5.74, 6) is -0.335. The van der Waals surface area contributed by atoms with Gasteiger partial charge in [0.15, 0.2) is 0 Å². The summed E-state index contributed by atoms with van der Waals surface area (Å²) in [6.45, 7) is 0.308. The molecule has 0 aromatic heterocycles. The quantitative estimate of drug-likeness (QED) is 0.799. The van der Waals surface area contributed by atoms with E-state index in [9.17, 15) is 9.59 Å². The zero-order valence-electron chi connectivity index (χ0n) is 9.22. The van der Waals surface area contributed by atoms with Crippen molar-refractivity contribution in [1.29, 1.82) is 0 Å². The molecule has 4 nitrogen and oxygen atoms in total. The summed E-state index contributed by atoms with van der Waals surface area (Å²) in [4.78, 5) is 22.6. The lowest BCUT2D eigenvalue weighted by Gasteiger charge is -2.05.